The third-order valence-corrected chi connectivity index (χ3v) is 7.02. The quantitative estimate of drug-likeness (QED) is 0.234. The summed E-state index contributed by atoms with van der Waals surface area (Å²) in [5.74, 6) is 0. The van der Waals surface area contributed by atoms with Gasteiger partial charge in [0.2, 0.25) is 0 Å². The average molecular weight is 540 g/mol. The molecule has 4 aromatic rings. The van der Waals surface area contributed by atoms with Crippen LogP contribution in [0.4, 0.5) is 5.69 Å². The molecule has 0 spiro atoms. The van der Waals surface area contributed by atoms with Crippen LogP contribution in [0.25, 0.3) is 0 Å². The number of nitrogens with one attached hydrogen (secondary N) is 1. The molecule has 1 aliphatic heterocycles. The van der Waals surface area contributed by atoms with Gasteiger partial charge in [-0.1, -0.05) is 109 Å². The van der Waals surface area contributed by atoms with E-state index in [1.165, 1.54) is 5.56 Å². The van der Waals surface area contributed by atoms with Crippen LogP contribution in [0.5, 0.6) is 0 Å². The lowest BCUT2D eigenvalue weighted by Crippen LogP contribution is -2.61. The number of rotatable bonds is 12. The summed E-state index contributed by atoms with van der Waals surface area (Å²) in [6.07, 6.45) is -3.52. The maximum atomic E-state index is 11.2. The molecule has 0 radical (unpaired) electrons. The summed E-state index contributed by atoms with van der Waals surface area (Å²) in [5.41, 5.74) is 5.23. The molecule has 0 saturated carbocycles. The minimum absolute atomic E-state index is 0.314. The van der Waals surface area contributed by atoms with Gasteiger partial charge in [-0.25, -0.2) is 0 Å². The number of aliphatic hydroxyl groups is 1. The molecule has 6 nitrogen and oxygen atoms in total. The lowest BCUT2D eigenvalue weighted by molar-refractivity contribution is -0.309. The lowest BCUT2D eigenvalue weighted by Gasteiger charge is -2.44. The summed E-state index contributed by atoms with van der Waals surface area (Å²) < 4.78 is 25.5. The summed E-state index contributed by atoms with van der Waals surface area (Å²) >= 11 is 0. The first-order valence-corrected chi connectivity index (χ1v) is 13.8. The minimum atomic E-state index is -1.19. The Morgan fingerprint density at radius 2 is 1.05 bits per heavy atom. The van der Waals surface area contributed by atoms with E-state index < -0.39 is 30.7 Å². The second kappa shape index (κ2) is 14.2. The molecule has 1 heterocycles. The normalized spacial score (nSPS) is 22.6. The highest BCUT2D eigenvalue weighted by Gasteiger charge is 2.47. The Balaban J connectivity index is 1.38. The van der Waals surface area contributed by atoms with Crippen LogP contribution in [0.3, 0.4) is 0 Å². The molecule has 1 aliphatic rings. The van der Waals surface area contributed by atoms with E-state index >= 15 is 0 Å². The Bertz CT molecular complexity index is 1270. The van der Waals surface area contributed by atoms with Gasteiger partial charge >= 0.3 is 0 Å². The van der Waals surface area contributed by atoms with Crippen LogP contribution in [0, 0.1) is 6.92 Å². The zero-order valence-electron chi connectivity index (χ0n) is 22.8. The first-order chi connectivity index (χ1) is 19.7. The van der Waals surface area contributed by atoms with E-state index in [4.69, 9.17) is 18.9 Å². The minimum Gasteiger partial charge on any atom is -0.382 e. The van der Waals surface area contributed by atoms with E-state index in [0.29, 0.717) is 26.4 Å². The third-order valence-electron chi connectivity index (χ3n) is 7.02. The van der Waals surface area contributed by atoms with Gasteiger partial charge in [-0.05, 0) is 35.7 Å². The van der Waals surface area contributed by atoms with Crippen LogP contribution >= 0.6 is 0 Å². The predicted molar refractivity (Wildman–Crippen MR) is 156 cm³/mol. The van der Waals surface area contributed by atoms with Crippen LogP contribution in [0.2, 0.25) is 0 Å². The number of aryl methyl sites for hydroxylation is 1. The molecule has 208 valence electrons. The summed E-state index contributed by atoms with van der Waals surface area (Å²) in [7, 11) is 0. The van der Waals surface area contributed by atoms with Crippen molar-refractivity contribution in [2.24, 2.45) is 0 Å². The maximum Gasteiger partial charge on any atom is 0.184 e. The van der Waals surface area contributed by atoms with Gasteiger partial charge in [0.1, 0.15) is 24.4 Å². The van der Waals surface area contributed by atoms with Crippen molar-refractivity contribution in [1.82, 2.24) is 0 Å². The zero-order valence-corrected chi connectivity index (χ0v) is 22.8. The van der Waals surface area contributed by atoms with Crippen molar-refractivity contribution in [3.63, 3.8) is 0 Å². The van der Waals surface area contributed by atoms with E-state index in [-0.39, 0.29) is 0 Å². The molecule has 0 amide bonds. The molecule has 0 unspecified atom stereocenters. The average Bonchev–Trinajstić information content (AvgIpc) is 3.00. The van der Waals surface area contributed by atoms with Gasteiger partial charge in [0, 0.05) is 12.2 Å². The standard InChI is InChI=1S/C34H37NO5/c1-25-17-19-29(20-18-25)35-21-30-31(37-22-26-11-5-2-6-12-26)32(38-23-27-13-7-3-8-14-27)33(34(36)40-30)39-24-28-15-9-4-10-16-28/h2-20,30-36H,21-24H2,1H3/t30-,31-,32+,33-,34+/m1/s1. The molecule has 5 rings (SSSR count). The number of anilines is 1. The Morgan fingerprint density at radius 1 is 0.600 bits per heavy atom. The summed E-state index contributed by atoms with van der Waals surface area (Å²) in [6.45, 7) is 3.53. The van der Waals surface area contributed by atoms with Crippen molar-refractivity contribution < 1.29 is 24.1 Å². The number of hydrogen-bond acceptors (Lipinski definition) is 6. The summed E-state index contributed by atoms with van der Waals surface area (Å²) in [6, 6.07) is 38.1. The van der Waals surface area contributed by atoms with Crippen LogP contribution in [0.1, 0.15) is 22.3 Å². The smallest absolute Gasteiger partial charge is 0.184 e. The Labute approximate surface area is 236 Å². The van der Waals surface area contributed by atoms with Crippen LogP contribution in [0.15, 0.2) is 115 Å². The molecule has 1 fully saturated rings. The van der Waals surface area contributed by atoms with Gasteiger partial charge < -0.3 is 29.4 Å². The van der Waals surface area contributed by atoms with Crippen molar-refractivity contribution in [2.75, 3.05) is 11.9 Å². The van der Waals surface area contributed by atoms with Crippen molar-refractivity contribution in [3.8, 4) is 0 Å². The van der Waals surface area contributed by atoms with Crippen LogP contribution in [-0.4, -0.2) is 42.4 Å². The molecular weight excluding hydrogens is 502 g/mol. The van der Waals surface area contributed by atoms with Gasteiger partial charge in [0.05, 0.1) is 19.8 Å². The molecule has 0 aromatic heterocycles. The zero-order chi connectivity index (χ0) is 27.6. The second-order valence-corrected chi connectivity index (χ2v) is 10.1. The molecule has 1 saturated heterocycles. The maximum absolute atomic E-state index is 11.2. The Kier molecular flexibility index (Phi) is 9.96. The number of ether oxygens (including phenoxy) is 4. The Hall–Kier alpha value is -3.52. The largest absolute Gasteiger partial charge is 0.382 e. The fourth-order valence-corrected chi connectivity index (χ4v) is 4.82. The highest BCUT2D eigenvalue weighted by Crippen LogP contribution is 2.30. The molecule has 0 bridgehead atoms. The highest BCUT2D eigenvalue weighted by molar-refractivity contribution is 5.44. The number of aliphatic hydroxyl groups excluding tert-OH is 1. The van der Waals surface area contributed by atoms with E-state index in [0.717, 1.165) is 22.4 Å². The highest BCUT2D eigenvalue weighted by atomic mass is 16.7. The van der Waals surface area contributed by atoms with Gasteiger partial charge in [-0.3, -0.25) is 0 Å². The fraction of sp³-hybridized carbons (Fsp3) is 0.294. The fourth-order valence-electron chi connectivity index (χ4n) is 4.82. The first kappa shape index (κ1) is 28.0. The molecule has 2 N–H and O–H groups in total. The number of hydrogen-bond donors (Lipinski definition) is 2. The topological polar surface area (TPSA) is 69.2 Å². The molecule has 0 aliphatic carbocycles. The molecule has 40 heavy (non-hydrogen) atoms. The molecular formula is C34H37NO5. The Morgan fingerprint density at radius 3 is 1.55 bits per heavy atom. The molecule has 4 aromatic carbocycles. The third kappa shape index (κ3) is 7.78. The van der Waals surface area contributed by atoms with Crippen LogP contribution in [-0.2, 0) is 38.8 Å². The molecule has 5 atom stereocenters. The number of benzene rings is 4. The summed E-state index contributed by atoms with van der Waals surface area (Å²) in [4.78, 5) is 0. The summed E-state index contributed by atoms with van der Waals surface area (Å²) in [5, 5.41) is 14.7. The SMILES string of the molecule is Cc1ccc(NC[C@H]2O[C@H](O)[C@H](OCc3ccccc3)[C@@H](OCc3ccccc3)[C@@H]2OCc2ccccc2)cc1. The van der Waals surface area contributed by atoms with Crippen molar-refractivity contribution in [3.05, 3.63) is 138 Å². The van der Waals surface area contributed by atoms with Gasteiger partial charge in [-0.2, -0.15) is 0 Å². The first-order valence-electron chi connectivity index (χ1n) is 13.8. The molecule has 6 heteroatoms. The van der Waals surface area contributed by atoms with Crippen molar-refractivity contribution >= 4 is 5.69 Å². The van der Waals surface area contributed by atoms with Gasteiger partial charge in [-0.15, -0.1) is 0 Å². The monoisotopic (exact) mass is 539 g/mol. The van der Waals surface area contributed by atoms with Gasteiger partial charge in [0.25, 0.3) is 0 Å². The predicted octanol–water partition coefficient (Wildman–Crippen LogP) is 5.88. The lowest BCUT2D eigenvalue weighted by atomic mass is 9.97. The van der Waals surface area contributed by atoms with E-state index in [1.54, 1.807) is 0 Å². The van der Waals surface area contributed by atoms with E-state index in [9.17, 15) is 5.11 Å². The van der Waals surface area contributed by atoms with Crippen molar-refractivity contribution in [1.29, 1.82) is 0 Å². The van der Waals surface area contributed by atoms with E-state index in [2.05, 4.69) is 24.4 Å². The van der Waals surface area contributed by atoms with Gasteiger partial charge in [0.15, 0.2) is 6.29 Å². The van der Waals surface area contributed by atoms with Crippen LogP contribution < -0.4 is 5.32 Å². The second-order valence-electron chi connectivity index (χ2n) is 10.1. The van der Waals surface area contributed by atoms with E-state index in [1.807, 2.05) is 103 Å². The van der Waals surface area contributed by atoms with Crippen molar-refractivity contribution in [2.45, 2.75) is 57.5 Å².